The number of benzene rings is 1. The number of aliphatic hydroxyl groups is 1. The molecule has 0 aliphatic heterocycles. The molecule has 0 bridgehead atoms. The SMILES string of the molecule is OC(CNCc1cc2cc(F)ccc2o1)c1ccncc1. The maximum atomic E-state index is 13.1. The Balaban J connectivity index is 1.59. The summed E-state index contributed by atoms with van der Waals surface area (Å²) in [5, 5.41) is 13.9. The number of halogens is 1. The standard InChI is InChI=1S/C16H15FN2O2/c17-13-1-2-16-12(7-13)8-14(21-16)9-19-10-15(20)11-3-5-18-6-4-11/h1-8,15,19-20H,9-10H2. The van der Waals surface area contributed by atoms with Crippen LogP contribution in [0.3, 0.4) is 0 Å². The summed E-state index contributed by atoms with van der Waals surface area (Å²) in [7, 11) is 0. The van der Waals surface area contributed by atoms with Crippen LogP contribution >= 0.6 is 0 Å². The highest BCUT2D eigenvalue weighted by Gasteiger charge is 2.08. The first-order valence-electron chi connectivity index (χ1n) is 6.69. The Bertz CT molecular complexity index is 727. The molecule has 0 amide bonds. The van der Waals surface area contributed by atoms with Crippen molar-refractivity contribution in [3.63, 3.8) is 0 Å². The number of furan rings is 1. The van der Waals surface area contributed by atoms with Gasteiger partial charge in [-0.2, -0.15) is 0 Å². The van der Waals surface area contributed by atoms with Crippen molar-refractivity contribution in [3.8, 4) is 0 Å². The Morgan fingerprint density at radius 2 is 2.00 bits per heavy atom. The fourth-order valence-corrected chi connectivity index (χ4v) is 2.19. The molecular weight excluding hydrogens is 271 g/mol. The second-order valence-electron chi connectivity index (χ2n) is 4.82. The molecular formula is C16H15FN2O2. The van der Waals surface area contributed by atoms with E-state index in [4.69, 9.17) is 4.42 Å². The molecule has 108 valence electrons. The molecule has 21 heavy (non-hydrogen) atoms. The van der Waals surface area contributed by atoms with Gasteiger partial charge >= 0.3 is 0 Å². The molecule has 0 spiro atoms. The molecule has 3 aromatic rings. The Labute approximate surface area is 121 Å². The summed E-state index contributed by atoms with van der Waals surface area (Å²) in [6.45, 7) is 0.869. The highest BCUT2D eigenvalue weighted by atomic mass is 19.1. The normalized spacial score (nSPS) is 12.7. The molecule has 0 saturated carbocycles. The molecule has 0 aliphatic rings. The quantitative estimate of drug-likeness (QED) is 0.757. The Hall–Kier alpha value is -2.24. The third kappa shape index (κ3) is 3.26. The number of hydrogen-bond acceptors (Lipinski definition) is 4. The first kappa shape index (κ1) is 13.7. The van der Waals surface area contributed by atoms with E-state index in [-0.39, 0.29) is 5.82 Å². The third-order valence-electron chi connectivity index (χ3n) is 3.26. The van der Waals surface area contributed by atoms with Crippen molar-refractivity contribution in [1.29, 1.82) is 0 Å². The van der Waals surface area contributed by atoms with Gasteiger partial charge in [-0.25, -0.2) is 4.39 Å². The zero-order valence-corrected chi connectivity index (χ0v) is 11.3. The van der Waals surface area contributed by atoms with E-state index < -0.39 is 6.10 Å². The molecule has 5 heteroatoms. The van der Waals surface area contributed by atoms with E-state index in [2.05, 4.69) is 10.3 Å². The van der Waals surface area contributed by atoms with Crippen LogP contribution in [0, 0.1) is 5.82 Å². The van der Waals surface area contributed by atoms with Gasteiger partial charge in [0.05, 0.1) is 12.6 Å². The van der Waals surface area contributed by atoms with Crippen molar-refractivity contribution in [3.05, 3.63) is 65.9 Å². The molecule has 2 aromatic heterocycles. The van der Waals surface area contributed by atoms with Crippen LogP contribution in [-0.2, 0) is 6.54 Å². The lowest BCUT2D eigenvalue weighted by Gasteiger charge is -2.10. The van der Waals surface area contributed by atoms with Gasteiger partial charge in [0, 0.05) is 24.3 Å². The van der Waals surface area contributed by atoms with Gasteiger partial charge in [0.2, 0.25) is 0 Å². The summed E-state index contributed by atoms with van der Waals surface area (Å²) in [6, 6.07) is 9.77. The number of rotatable bonds is 5. The number of nitrogens with one attached hydrogen (secondary N) is 1. The number of nitrogens with zero attached hydrogens (tertiary/aromatic N) is 1. The predicted molar refractivity (Wildman–Crippen MR) is 77.1 cm³/mol. The molecule has 0 fully saturated rings. The van der Waals surface area contributed by atoms with Crippen LogP contribution in [0.5, 0.6) is 0 Å². The van der Waals surface area contributed by atoms with Crippen LogP contribution < -0.4 is 5.32 Å². The summed E-state index contributed by atoms with van der Waals surface area (Å²) in [6.07, 6.45) is 2.69. The van der Waals surface area contributed by atoms with Gasteiger partial charge in [-0.05, 0) is 42.0 Å². The van der Waals surface area contributed by atoms with Crippen LogP contribution in [0.1, 0.15) is 17.4 Å². The molecule has 0 aliphatic carbocycles. The van der Waals surface area contributed by atoms with E-state index in [9.17, 15) is 9.50 Å². The zero-order valence-electron chi connectivity index (χ0n) is 11.3. The smallest absolute Gasteiger partial charge is 0.134 e. The van der Waals surface area contributed by atoms with Crippen molar-refractivity contribution in [2.24, 2.45) is 0 Å². The maximum Gasteiger partial charge on any atom is 0.134 e. The van der Waals surface area contributed by atoms with Crippen LogP contribution in [0.15, 0.2) is 53.2 Å². The Kier molecular flexibility index (Phi) is 3.94. The lowest BCUT2D eigenvalue weighted by Crippen LogP contribution is -2.20. The minimum atomic E-state index is -0.602. The molecule has 2 N–H and O–H groups in total. The monoisotopic (exact) mass is 286 g/mol. The molecule has 1 atom stereocenters. The Morgan fingerprint density at radius 1 is 1.19 bits per heavy atom. The van der Waals surface area contributed by atoms with Crippen molar-refractivity contribution in [1.82, 2.24) is 10.3 Å². The van der Waals surface area contributed by atoms with E-state index >= 15 is 0 Å². The van der Waals surface area contributed by atoms with Crippen LogP contribution in [0.2, 0.25) is 0 Å². The van der Waals surface area contributed by atoms with Crippen LogP contribution in [0.4, 0.5) is 4.39 Å². The highest BCUT2D eigenvalue weighted by Crippen LogP contribution is 2.20. The average Bonchev–Trinajstić information content (AvgIpc) is 2.89. The van der Waals surface area contributed by atoms with Gasteiger partial charge in [-0.15, -0.1) is 0 Å². The number of fused-ring (bicyclic) bond motifs is 1. The van der Waals surface area contributed by atoms with E-state index in [0.717, 1.165) is 10.9 Å². The Morgan fingerprint density at radius 3 is 2.81 bits per heavy atom. The number of hydrogen-bond donors (Lipinski definition) is 2. The summed E-state index contributed by atoms with van der Waals surface area (Å²) < 4.78 is 18.7. The number of aliphatic hydroxyl groups excluding tert-OH is 1. The molecule has 1 unspecified atom stereocenters. The minimum absolute atomic E-state index is 0.282. The summed E-state index contributed by atoms with van der Waals surface area (Å²) in [5.41, 5.74) is 1.46. The summed E-state index contributed by atoms with van der Waals surface area (Å²) >= 11 is 0. The van der Waals surface area contributed by atoms with E-state index in [1.807, 2.05) is 0 Å². The molecule has 0 saturated heterocycles. The first-order valence-corrected chi connectivity index (χ1v) is 6.69. The molecule has 1 aromatic carbocycles. The van der Waals surface area contributed by atoms with E-state index in [0.29, 0.717) is 24.4 Å². The van der Waals surface area contributed by atoms with Gasteiger partial charge in [0.1, 0.15) is 17.2 Å². The second kappa shape index (κ2) is 6.03. The van der Waals surface area contributed by atoms with Crippen molar-refractivity contribution in [2.75, 3.05) is 6.54 Å². The van der Waals surface area contributed by atoms with Crippen LogP contribution in [0.25, 0.3) is 11.0 Å². The maximum absolute atomic E-state index is 13.1. The van der Waals surface area contributed by atoms with Gasteiger partial charge in [0.25, 0.3) is 0 Å². The third-order valence-corrected chi connectivity index (χ3v) is 3.26. The molecule has 4 nitrogen and oxygen atoms in total. The lowest BCUT2D eigenvalue weighted by atomic mass is 10.1. The average molecular weight is 286 g/mol. The molecule has 0 radical (unpaired) electrons. The lowest BCUT2D eigenvalue weighted by molar-refractivity contribution is 0.173. The largest absolute Gasteiger partial charge is 0.460 e. The fraction of sp³-hybridized carbons (Fsp3) is 0.188. The van der Waals surface area contributed by atoms with Crippen molar-refractivity contribution in [2.45, 2.75) is 12.6 Å². The number of aromatic nitrogens is 1. The van der Waals surface area contributed by atoms with Crippen LogP contribution in [-0.4, -0.2) is 16.6 Å². The van der Waals surface area contributed by atoms with Gasteiger partial charge in [-0.3, -0.25) is 4.98 Å². The van der Waals surface area contributed by atoms with E-state index in [1.54, 1.807) is 36.7 Å². The van der Waals surface area contributed by atoms with Gasteiger partial charge in [-0.1, -0.05) is 0 Å². The second-order valence-corrected chi connectivity index (χ2v) is 4.82. The molecule has 3 rings (SSSR count). The van der Waals surface area contributed by atoms with Crippen molar-refractivity contribution < 1.29 is 13.9 Å². The van der Waals surface area contributed by atoms with Gasteiger partial charge < -0.3 is 14.8 Å². The summed E-state index contributed by atoms with van der Waals surface area (Å²) in [5.74, 6) is 0.424. The number of pyridine rings is 1. The van der Waals surface area contributed by atoms with E-state index in [1.165, 1.54) is 12.1 Å². The molecule has 2 heterocycles. The van der Waals surface area contributed by atoms with Crippen molar-refractivity contribution >= 4 is 11.0 Å². The predicted octanol–water partition coefficient (Wildman–Crippen LogP) is 2.79. The minimum Gasteiger partial charge on any atom is -0.460 e. The highest BCUT2D eigenvalue weighted by molar-refractivity contribution is 5.77. The first-order chi connectivity index (χ1) is 10.2. The fourth-order valence-electron chi connectivity index (χ4n) is 2.19. The topological polar surface area (TPSA) is 58.3 Å². The summed E-state index contributed by atoms with van der Waals surface area (Å²) in [4.78, 5) is 3.91. The van der Waals surface area contributed by atoms with Gasteiger partial charge in [0.15, 0.2) is 0 Å². The zero-order chi connectivity index (χ0) is 14.7.